The monoisotopic (exact) mass is 311 g/mol. The van der Waals surface area contributed by atoms with Gasteiger partial charge < -0.3 is 10.2 Å². The lowest BCUT2D eigenvalue weighted by atomic mass is 10.2. The van der Waals surface area contributed by atoms with E-state index in [1.54, 1.807) is 25.2 Å². The summed E-state index contributed by atoms with van der Waals surface area (Å²) in [6.45, 7) is 1.18. The molecule has 1 aliphatic carbocycles. The summed E-state index contributed by atoms with van der Waals surface area (Å²) >= 11 is 0. The molecule has 1 fully saturated rings. The van der Waals surface area contributed by atoms with Crippen molar-refractivity contribution >= 4 is 15.7 Å². The molecule has 0 radical (unpaired) electrons. The Hall–Kier alpha value is -1.11. The van der Waals surface area contributed by atoms with Crippen molar-refractivity contribution in [2.45, 2.75) is 36.6 Å². The van der Waals surface area contributed by atoms with E-state index in [-0.39, 0.29) is 0 Å². The van der Waals surface area contributed by atoms with Crippen molar-refractivity contribution in [3.63, 3.8) is 0 Å². The molecule has 0 amide bonds. The van der Waals surface area contributed by atoms with Crippen LogP contribution in [0.3, 0.4) is 0 Å². The van der Waals surface area contributed by atoms with Gasteiger partial charge in [-0.15, -0.1) is 0 Å². The summed E-state index contributed by atoms with van der Waals surface area (Å²) in [5.41, 5.74) is 0.620. The number of likely N-dealkylation sites (N-methyl/N-ethyl adjacent to an activating group) is 1. The van der Waals surface area contributed by atoms with Gasteiger partial charge in [-0.05, 0) is 32.0 Å². The van der Waals surface area contributed by atoms with E-state index < -0.39 is 10.0 Å². The summed E-state index contributed by atoms with van der Waals surface area (Å²) in [5.74, 6) is 0. The molecular weight excluding hydrogens is 286 g/mol. The van der Waals surface area contributed by atoms with E-state index in [9.17, 15) is 8.42 Å². The van der Waals surface area contributed by atoms with Crippen LogP contribution in [0.4, 0.5) is 5.69 Å². The second-order valence-corrected chi connectivity index (χ2v) is 7.30. The number of para-hydroxylation sites is 1. The minimum atomic E-state index is -3.46. The van der Waals surface area contributed by atoms with Crippen LogP contribution in [0.15, 0.2) is 29.2 Å². The number of sulfonamides is 1. The number of nitrogens with one attached hydrogen (secondary N) is 2. The maximum absolute atomic E-state index is 12.3. The van der Waals surface area contributed by atoms with Crippen LogP contribution in [-0.2, 0) is 10.0 Å². The Labute approximate surface area is 127 Å². The smallest absolute Gasteiger partial charge is 0.242 e. The molecule has 118 valence electrons. The highest BCUT2D eigenvalue weighted by Crippen LogP contribution is 2.22. The molecule has 1 aromatic rings. The van der Waals surface area contributed by atoms with Gasteiger partial charge in [0.2, 0.25) is 10.0 Å². The largest absolute Gasteiger partial charge is 0.387 e. The van der Waals surface area contributed by atoms with E-state index in [1.165, 1.54) is 25.7 Å². The van der Waals surface area contributed by atoms with E-state index in [0.717, 1.165) is 6.54 Å². The molecule has 1 aromatic carbocycles. The molecule has 6 heteroatoms. The van der Waals surface area contributed by atoms with Crippen LogP contribution in [0.25, 0.3) is 0 Å². The minimum absolute atomic E-state index is 0.302. The van der Waals surface area contributed by atoms with Crippen LogP contribution in [0.2, 0.25) is 0 Å². The van der Waals surface area contributed by atoms with Crippen LogP contribution in [-0.4, -0.2) is 46.5 Å². The maximum atomic E-state index is 12.3. The standard InChI is InChI=1S/C15H25N3O2S/c1-16-14-9-5-6-10-15(14)21(19,20)17-11-12-18(2)13-7-3-4-8-13/h5-6,9-10,13,16-17H,3-4,7-8,11-12H2,1-2H3. The van der Waals surface area contributed by atoms with Crippen molar-refractivity contribution in [3.8, 4) is 0 Å². The Morgan fingerprint density at radius 3 is 2.57 bits per heavy atom. The molecule has 1 saturated carbocycles. The molecule has 2 rings (SSSR count). The average molecular weight is 311 g/mol. The predicted octanol–water partition coefficient (Wildman–Crippen LogP) is 1.88. The summed E-state index contributed by atoms with van der Waals surface area (Å²) in [7, 11) is 0.338. The van der Waals surface area contributed by atoms with Gasteiger partial charge in [0.1, 0.15) is 4.90 Å². The molecule has 1 aliphatic rings. The van der Waals surface area contributed by atoms with Crippen molar-refractivity contribution in [1.29, 1.82) is 0 Å². The highest BCUT2D eigenvalue weighted by Gasteiger charge is 2.21. The normalized spacial score (nSPS) is 16.5. The molecule has 0 bridgehead atoms. The maximum Gasteiger partial charge on any atom is 0.242 e. The van der Waals surface area contributed by atoms with Gasteiger partial charge in [-0.25, -0.2) is 13.1 Å². The molecule has 0 aliphatic heterocycles. The van der Waals surface area contributed by atoms with Gasteiger partial charge >= 0.3 is 0 Å². The summed E-state index contributed by atoms with van der Waals surface area (Å²) in [4.78, 5) is 2.57. The highest BCUT2D eigenvalue weighted by molar-refractivity contribution is 7.89. The van der Waals surface area contributed by atoms with E-state index >= 15 is 0 Å². The molecule has 0 atom stereocenters. The first-order valence-corrected chi connectivity index (χ1v) is 8.99. The quantitative estimate of drug-likeness (QED) is 0.807. The zero-order chi connectivity index (χ0) is 15.3. The number of hydrogen-bond acceptors (Lipinski definition) is 4. The van der Waals surface area contributed by atoms with Crippen molar-refractivity contribution in [3.05, 3.63) is 24.3 Å². The number of rotatable bonds is 7. The van der Waals surface area contributed by atoms with E-state index in [4.69, 9.17) is 0 Å². The fourth-order valence-corrected chi connectivity index (χ4v) is 4.10. The summed E-state index contributed by atoms with van der Waals surface area (Å²) in [6, 6.07) is 7.55. The second-order valence-electron chi connectivity index (χ2n) is 5.56. The summed E-state index contributed by atoms with van der Waals surface area (Å²) in [5, 5.41) is 2.92. The van der Waals surface area contributed by atoms with Gasteiger partial charge in [0.25, 0.3) is 0 Å². The molecule has 0 unspecified atom stereocenters. The van der Waals surface area contributed by atoms with Gasteiger partial charge in [0.05, 0.1) is 5.69 Å². The highest BCUT2D eigenvalue weighted by atomic mass is 32.2. The van der Waals surface area contributed by atoms with E-state index in [2.05, 4.69) is 22.0 Å². The molecule has 21 heavy (non-hydrogen) atoms. The third-order valence-corrected chi connectivity index (χ3v) is 5.67. The zero-order valence-corrected chi connectivity index (χ0v) is 13.6. The lowest BCUT2D eigenvalue weighted by Crippen LogP contribution is -2.37. The first kappa shape index (κ1) is 16.3. The van der Waals surface area contributed by atoms with Gasteiger partial charge in [0, 0.05) is 26.2 Å². The fraction of sp³-hybridized carbons (Fsp3) is 0.600. The van der Waals surface area contributed by atoms with Crippen LogP contribution in [0.5, 0.6) is 0 Å². The zero-order valence-electron chi connectivity index (χ0n) is 12.8. The summed E-state index contributed by atoms with van der Waals surface area (Å²) < 4.78 is 27.4. The summed E-state index contributed by atoms with van der Waals surface area (Å²) in [6.07, 6.45) is 5.03. The molecular formula is C15H25N3O2S. The van der Waals surface area contributed by atoms with E-state index in [0.29, 0.717) is 23.2 Å². The molecule has 5 nitrogen and oxygen atoms in total. The predicted molar refractivity (Wildman–Crippen MR) is 86.1 cm³/mol. The van der Waals surface area contributed by atoms with Crippen molar-refractivity contribution < 1.29 is 8.42 Å². The van der Waals surface area contributed by atoms with Crippen LogP contribution in [0, 0.1) is 0 Å². The fourth-order valence-electron chi connectivity index (χ4n) is 2.87. The van der Waals surface area contributed by atoms with Crippen LogP contribution >= 0.6 is 0 Å². The molecule has 0 saturated heterocycles. The molecule has 2 N–H and O–H groups in total. The molecule has 0 spiro atoms. The van der Waals surface area contributed by atoms with E-state index in [1.807, 2.05) is 6.07 Å². The van der Waals surface area contributed by atoms with Gasteiger partial charge in [-0.1, -0.05) is 25.0 Å². The number of benzene rings is 1. The third kappa shape index (κ3) is 4.18. The van der Waals surface area contributed by atoms with Crippen molar-refractivity contribution in [1.82, 2.24) is 9.62 Å². The Kier molecular flexibility index (Phi) is 5.61. The van der Waals surface area contributed by atoms with Gasteiger partial charge in [0.15, 0.2) is 0 Å². The minimum Gasteiger partial charge on any atom is -0.387 e. The van der Waals surface area contributed by atoms with Gasteiger partial charge in [-0.2, -0.15) is 0 Å². The molecule has 0 heterocycles. The topological polar surface area (TPSA) is 61.4 Å². The first-order valence-electron chi connectivity index (χ1n) is 7.51. The SMILES string of the molecule is CNc1ccccc1S(=O)(=O)NCCN(C)C1CCCC1. The first-order chi connectivity index (χ1) is 10.0. The number of nitrogens with zero attached hydrogens (tertiary/aromatic N) is 1. The van der Waals surface area contributed by atoms with Crippen LogP contribution < -0.4 is 10.0 Å². The lowest BCUT2D eigenvalue weighted by molar-refractivity contribution is 0.250. The average Bonchev–Trinajstić information content (AvgIpc) is 3.01. The van der Waals surface area contributed by atoms with Gasteiger partial charge in [-0.3, -0.25) is 0 Å². The molecule has 0 aromatic heterocycles. The Morgan fingerprint density at radius 2 is 1.90 bits per heavy atom. The number of hydrogen-bond donors (Lipinski definition) is 2. The van der Waals surface area contributed by atoms with Crippen LogP contribution in [0.1, 0.15) is 25.7 Å². The van der Waals surface area contributed by atoms with Crippen molar-refractivity contribution in [2.75, 3.05) is 32.5 Å². The lowest BCUT2D eigenvalue weighted by Gasteiger charge is -2.24. The number of anilines is 1. The van der Waals surface area contributed by atoms with Crippen molar-refractivity contribution in [2.24, 2.45) is 0 Å². The third-order valence-electron chi connectivity index (χ3n) is 4.15. The Morgan fingerprint density at radius 1 is 1.24 bits per heavy atom. The Bertz CT molecular complexity index is 554. The Balaban J connectivity index is 1.92. The second kappa shape index (κ2) is 7.24.